The van der Waals surface area contributed by atoms with Crippen molar-refractivity contribution in [2.24, 2.45) is 11.7 Å². The van der Waals surface area contributed by atoms with Gasteiger partial charge in [-0.2, -0.15) is 0 Å². The number of nitrogens with two attached hydrogens (primary N) is 1. The van der Waals surface area contributed by atoms with Crippen molar-refractivity contribution < 1.29 is 14.3 Å². The summed E-state index contributed by atoms with van der Waals surface area (Å²) in [4.78, 5) is 23.9. The van der Waals surface area contributed by atoms with Crippen LogP contribution in [0, 0.1) is 5.92 Å². The minimum absolute atomic E-state index is 0.0124. The van der Waals surface area contributed by atoms with Gasteiger partial charge in [-0.05, 0) is 48.6 Å². The SMILES string of the molecule is COc1ccc(C(NC(=O)CNc2ccccc2C(N)=O)C2CC2)cc1. The Labute approximate surface area is 152 Å². The number of carbonyl (C=O) groups excluding carboxylic acids is 2. The highest BCUT2D eigenvalue weighted by Crippen LogP contribution is 2.41. The Bertz CT molecular complexity index is 785. The molecule has 6 nitrogen and oxygen atoms in total. The predicted molar refractivity (Wildman–Crippen MR) is 100 cm³/mol. The first kappa shape index (κ1) is 17.8. The standard InChI is InChI=1S/C20H23N3O3/c1-26-15-10-8-14(9-11-15)19(13-6-7-13)23-18(24)12-22-17-5-3-2-4-16(17)20(21)25/h2-5,8-11,13,19,22H,6-7,12H2,1H3,(H2,21,25)(H,23,24). The number of ether oxygens (including phenoxy) is 1. The van der Waals surface area contributed by atoms with E-state index in [0.29, 0.717) is 17.2 Å². The average molecular weight is 353 g/mol. The molecule has 0 bridgehead atoms. The summed E-state index contributed by atoms with van der Waals surface area (Å²) >= 11 is 0. The number of methoxy groups -OCH3 is 1. The van der Waals surface area contributed by atoms with Crippen LogP contribution in [0.2, 0.25) is 0 Å². The van der Waals surface area contributed by atoms with Crippen LogP contribution < -0.4 is 21.1 Å². The van der Waals surface area contributed by atoms with Crippen molar-refractivity contribution in [3.8, 4) is 5.75 Å². The molecule has 1 aliphatic carbocycles. The third-order valence-electron chi connectivity index (χ3n) is 4.52. The van der Waals surface area contributed by atoms with E-state index in [-0.39, 0.29) is 18.5 Å². The van der Waals surface area contributed by atoms with Gasteiger partial charge in [0.25, 0.3) is 5.91 Å². The second-order valence-electron chi connectivity index (χ2n) is 6.42. The lowest BCUT2D eigenvalue weighted by Crippen LogP contribution is -2.34. The minimum Gasteiger partial charge on any atom is -0.497 e. The molecule has 1 aliphatic rings. The van der Waals surface area contributed by atoms with Gasteiger partial charge in [-0.3, -0.25) is 9.59 Å². The molecule has 1 unspecified atom stereocenters. The monoisotopic (exact) mass is 353 g/mol. The normalized spacial score (nSPS) is 14.3. The van der Waals surface area contributed by atoms with Crippen LogP contribution in [-0.2, 0) is 4.79 Å². The molecule has 2 aromatic carbocycles. The second kappa shape index (κ2) is 7.91. The van der Waals surface area contributed by atoms with E-state index >= 15 is 0 Å². The Balaban J connectivity index is 1.63. The van der Waals surface area contributed by atoms with Gasteiger partial charge in [0.1, 0.15) is 5.75 Å². The molecule has 136 valence electrons. The molecule has 0 heterocycles. The van der Waals surface area contributed by atoms with Crippen molar-refractivity contribution >= 4 is 17.5 Å². The Morgan fingerprint density at radius 1 is 1.15 bits per heavy atom. The maximum absolute atomic E-state index is 12.4. The Kier molecular flexibility index (Phi) is 5.41. The molecule has 1 atom stereocenters. The van der Waals surface area contributed by atoms with E-state index < -0.39 is 5.91 Å². The van der Waals surface area contributed by atoms with E-state index in [0.717, 1.165) is 24.2 Å². The van der Waals surface area contributed by atoms with Crippen LogP contribution in [0.15, 0.2) is 48.5 Å². The molecule has 3 rings (SSSR count). The minimum atomic E-state index is -0.525. The maximum Gasteiger partial charge on any atom is 0.250 e. The smallest absolute Gasteiger partial charge is 0.250 e. The topological polar surface area (TPSA) is 93.4 Å². The van der Waals surface area contributed by atoms with E-state index in [9.17, 15) is 9.59 Å². The fraction of sp³-hybridized carbons (Fsp3) is 0.300. The Morgan fingerprint density at radius 2 is 1.85 bits per heavy atom. The predicted octanol–water partition coefficient (Wildman–Crippen LogP) is 2.47. The molecule has 2 amide bonds. The summed E-state index contributed by atoms with van der Waals surface area (Å²) in [6, 6.07) is 14.6. The van der Waals surface area contributed by atoms with Gasteiger partial charge >= 0.3 is 0 Å². The van der Waals surface area contributed by atoms with Gasteiger partial charge in [-0.25, -0.2) is 0 Å². The number of benzene rings is 2. The van der Waals surface area contributed by atoms with Crippen LogP contribution in [0.5, 0.6) is 5.75 Å². The van der Waals surface area contributed by atoms with Crippen LogP contribution in [0.4, 0.5) is 5.69 Å². The zero-order valence-electron chi connectivity index (χ0n) is 14.7. The molecule has 1 saturated carbocycles. The van der Waals surface area contributed by atoms with Crippen LogP contribution in [0.1, 0.15) is 34.8 Å². The molecular weight excluding hydrogens is 330 g/mol. The quantitative estimate of drug-likeness (QED) is 0.680. The summed E-state index contributed by atoms with van der Waals surface area (Å²) in [5.41, 5.74) is 7.36. The van der Waals surface area contributed by atoms with Gasteiger partial charge in [0.15, 0.2) is 0 Å². The maximum atomic E-state index is 12.4. The van der Waals surface area contributed by atoms with E-state index in [1.54, 1.807) is 31.4 Å². The van der Waals surface area contributed by atoms with Gasteiger partial charge in [-0.15, -0.1) is 0 Å². The van der Waals surface area contributed by atoms with E-state index in [1.807, 2.05) is 24.3 Å². The molecule has 0 spiro atoms. The van der Waals surface area contributed by atoms with Crippen molar-refractivity contribution in [1.82, 2.24) is 5.32 Å². The molecular formula is C20H23N3O3. The molecule has 0 saturated heterocycles. The van der Waals surface area contributed by atoms with Crippen LogP contribution >= 0.6 is 0 Å². The number of hydrogen-bond acceptors (Lipinski definition) is 4. The van der Waals surface area contributed by atoms with Crippen molar-refractivity contribution in [3.63, 3.8) is 0 Å². The van der Waals surface area contributed by atoms with Crippen LogP contribution in [0.25, 0.3) is 0 Å². The van der Waals surface area contributed by atoms with Gasteiger partial charge < -0.3 is 21.1 Å². The number of hydrogen-bond donors (Lipinski definition) is 3. The van der Waals surface area contributed by atoms with Crippen LogP contribution in [0.3, 0.4) is 0 Å². The summed E-state index contributed by atoms with van der Waals surface area (Å²) in [5.74, 6) is 0.601. The van der Waals surface area contributed by atoms with Gasteiger partial charge in [0, 0.05) is 5.69 Å². The average Bonchev–Trinajstić information content (AvgIpc) is 3.50. The van der Waals surface area contributed by atoms with Crippen molar-refractivity contribution in [2.75, 3.05) is 19.0 Å². The number of para-hydroxylation sites is 1. The molecule has 0 aromatic heterocycles. The molecule has 0 radical (unpaired) electrons. The number of rotatable bonds is 8. The summed E-state index contributed by atoms with van der Waals surface area (Å²) in [5, 5.41) is 6.09. The first-order valence-electron chi connectivity index (χ1n) is 8.64. The number of anilines is 1. The third kappa shape index (κ3) is 4.33. The number of primary amides is 1. The summed E-state index contributed by atoms with van der Waals surface area (Å²) in [6.07, 6.45) is 2.21. The molecule has 0 aliphatic heterocycles. The highest BCUT2D eigenvalue weighted by molar-refractivity contribution is 5.99. The summed E-state index contributed by atoms with van der Waals surface area (Å²) in [7, 11) is 1.63. The first-order valence-corrected chi connectivity index (χ1v) is 8.64. The van der Waals surface area contributed by atoms with Crippen molar-refractivity contribution in [3.05, 3.63) is 59.7 Å². The Morgan fingerprint density at radius 3 is 2.46 bits per heavy atom. The zero-order valence-corrected chi connectivity index (χ0v) is 14.7. The fourth-order valence-corrected chi connectivity index (χ4v) is 2.97. The van der Waals surface area contributed by atoms with E-state index in [2.05, 4.69) is 10.6 Å². The van der Waals surface area contributed by atoms with E-state index in [1.165, 1.54) is 0 Å². The molecule has 2 aromatic rings. The summed E-state index contributed by atoms with van der Waals surface area (Å²) in [6.45, 7) is 0.0731. The number of nitrogens with one attached hydrogen (secondary N) is 2. The molecule has 1 fully saturated rings. The van der Waals surface area contributed by atoms with Gasteiger partial charge in [-0.1, -0.05) is 24.3 Å². The third-order valence-corrected chi connectivity index (χ3v) is 4.52. The fourth-order valence-electron chi connectivity index (χ4n) is 2.97. The molecule has 6 heteroatoms. The van der Waals surface area contributed by atoms with Crippen LogP contribution in [-0.4, -0.2) is 25.5 Å². The highest BCUT2D eigenvalue weighted by atomic mass is 16.5. The molecule has 26 heavy (non-hydrogen) atoms. The number of amides is 2. The first-order chi connectivity index (χ1) is 12.6. The Hall–Kier alpha value is -3.02. The highest BCUT2D eigenvalue weighted by Gasteiger charge is 2.33. The second-order valence-corrected chi connectivity index (χ2v) is 6.42. The largest absolute Gasteiger partial charge is 0.497 e. The van der Waals surface area contributed by atoms with Crippen molar-refractivity contribution in [2.45, 2.75) is 18.9 Å². The lowest BCUT2D eigenvalue weighted by molar-refractivity contribution is -0.120. The lowest BCUT2D eigenvalue weighted by Gasteiger charge is -2.20. The molecule has 4 N–H and O–H groups in total. The zero-order chi connectivity index (χ0) is 18.5. The van der Waals surface area contributed by atoms with E-state index in [4.69, 9.17) is 10.5 Å². The van der Waals surface area contributed by atoms with Crippen molar-refractivity contribution in [1.29, 1.82) is 0 Å². The summed E-state index contributed by atoms with van der Waals surface area (Å²) < 4.78 is 5.19. The number of carbonyl (C=O) groups is 2. The van der Waals surface area contributed by atoms with Gasteiger partial charge in [0.2, 0.25) is 5.91 Å². The lowest BCUT2D eigenvalue weighted by atomic mass is 10.0. The van der Waals surface area contributed by atoms with Gasteiger partial charge in [0.05, 0.1) is 25.3 Å².